The third-order valence-electron chi connectivity index (χ3n) is 2.42. The maximum atomic E-state index is 11.6. The summed E-state index contributed by atoms with van der Waals surface area (Å²) in [5.74, 6) is 0. The molecule has 1 atom stereocenters. The Morgan fingerprint density at radius 2 is 2.12 bits per heavy atom. The van der Waals surface area contributed by atoms with Gasteiger partial charge in [0.25, 0.3) is 0 Å². The van der Waals surface area contributed by atoms with E-state index in [0.717, 1.165) is 0 Å². The minimum atomic E-state index is -3.81. The third kappa shape index (κ3) is 2.06. The first-order chi connectivity index (χ1) is 6.91. The average molecular weight is 270 g/mol. The van der Waals surface area contributed by atoms with Crippen LogP contribution in [0.15, 0.2) is 23.1 Å². The fourth-order valence-corrected chi connectivity index (χ4v) is 3.64. The van der Waals surface area contributed by atoms with Gasteiger partial charge in [0, 0.05) is 5.72 Å². The Balaban J connectivity index is 0.00000128. The van der Waals surface area contributed by atoms with Crippen molar-refractivity contribution in [2.45, 2.75) is 24.0 Å². The van der Waals surface area contributed by atoms with Crippen LogP contribution in [0.25, 0.3) is 4.72 Å². The molecule has 7 heteroatoms. The van der Waals surface area contributed by atoms with E-state index in [0.29, 0.717) is 0 Å². The second-order valence-corrected chi connectivity index (χ2v) is 5.30. The van der Waals surface area contributed by atoms with E-state index in [1.54, 1.807) is 13.0 Å². The van der Waals surface area contributed by atoms with Crippen molar-refractivity contribution in [3.05, 3.63) is 33.5 Å². The van der Waals surface area contributed by atoms with Gasteiger partial charge in [-0.1, -0.05) is 30.7 Å². The second kappa shape index (κ2) is 4.57. The summed E-state index contributed by atoms with van der Waals surface area (Å²) in [6, 6.07) is 4.59. The molecule has 2 rings (SSSR count). The van der Waals surface area contributed by atoms with Crippen LogP contribution in [0.2, 0.25) is 5.02 Å². The van der Waals surface area contributed by atoms with Gasteiger partial charge in [-0.15, -0.1) is 0 Å². The first-order valence-corrected chi connectivity index (χ1v) is 6.23. The maximum Gasteiger partial charge on any atom is 1.00 e. The van der Waals surface area contributed by atoms with Gasteiger partial charge in [-0.05, 0) is 18.1 Å². The second-order valence-electron chi connectivity index (χ2n) is 3.35. The molecule has 0 amide bonds. The normalized spacial score (nSPS) is 25.9. The van der Waals surface area contributed by atoms with Gasteiger partial charge in [-0.25, -0.2) is 8.42 Å². The van der Waals surface area contributed by atoms with Crippen LogP contribution in [0.5, 0.6) is 0 Å². The molecule has 0 fully saturated rings. The Morgan fingerprint density at radius 1 is 1.50 bits per heavy atom. The number of nitrogens with zero attached hydrogens (tertiary/aromatic N) is 1. The van der Waals surface area contributed by atoms with Gasteiger partial charge in [-0.2, -0.15) is 0 Å². The van der Waals surface area contributed by atoms with Crippen LogP contribution >= 0.6 is 11.6 Å². The van der Waals surface area contributed by atoms with Gasteiger partial charge in [0.2, 0.25) is 0 Å². The van der Waals surface area contributed by atoms with Crippen molar-refractivity contribution in [1.82, 2.24) is 0 Å². The van der Waals surface area contributed by atoms with Gasteiger partial charge in [-0.3, -0.25) is 0 Å². The molecule has 0 spiro atoms. The van der Waals surface area contributed by atoms with Gasteiger partial charge >= 0.3 is 29.6 Å². The van der Waals surface area contributed by atoms with Crippen LogP contribution in [0.3, 0.4) is 0 Å². The fraction of sp³-hybridized carbons (Fsp3) is 0.333. The molecular formula is C9H9ClNNaO3S. The number of rotatable bonds is 1. The number of fused-ring (bicyclic) bond motifs is 1. The molecular weight excluding hydrogens is 261 g/mol. The molecule has 1 heterocycles. The minimum absolute atomic E-state index is 0. The molecule has 0 radical (unpaired) electrons. The van der Waals surface area contributed by atoms with Crippen molar-refractivity contribution in [3.8, 4) is 0 Å². The van der Waals surface area contributed by atoms with E-state index in [1.807, 2.05) is 0 Å². The van der Waals surface area contributed by atoms with Crippen molar-refractivity contribution in [3.63, 3.8) is 0 Å². The topological polar surface area (TPSA) is 68.5 Å². The molecule has 0 saturated heterocycles. The zero-order valence-corrected chi connectivity index (χ0v) is 12.5. The van der Waals surface area contributed by atoms with E-state index in [4.69, 9.17) is 11.6 Å². The van der Waals surface area contributed by atoms with Gasteiger partial charge < -0.3 is 9.83 Å². The molecule has 1 N–H and O–H groups in total. The van der Waals surface area contributed by atoms with E-state index < -0.39 is 15.7 Å². The third-order valence-corrected chi connectivity index (χ3v) is 4.35. The number of hydrogen-bond acceptors (Lipinski definition) is 3. The number of hydrogen-bond donors (Lipinski definition) is 1. The van der Waals surface area contributed by atoms with E-state index in [9.17, 15) is 13.5 Å². The van der Waals surface area contributed by atoms with Crippen LogP contribution in [0.1, 0.15) is 18.9 Å². The molecule has 16 heavy (non-hydrogen) atoms. The van der Waals surface area contributed by atoms with Gasteiger partial charge in [0.05, 0.1) is 9.92 Å². The number of halogens is 1. The predicted molar refractivity (Wildman–Crippen MR) is 56.2 cm³/mol. The van der Waals surface area contributed by atoms with Gasteiger partial charge in [0.15, 0.2) is 0 Å². The molecule has 1 aliphatic heterocycles. The zero-order chi connectivity index (χ0) is 11.3. The molecule has 1 unspecified atom stereocenters. The maximum absolute atomic E-state index is 11.6. The van der Waals surface area contributed by atoms with Crippen molar-refractivity contribution >= 4 is 21.6 Å². The van der Waals surface area contributed by atoms with Crippen LogP contribution in [0.4, 0.5) is 0 Å². The molecule has 4 nitrogen and oxygen atoms in total. The van der Waals surface area contributed by atoms with Crippen molar-refractivity contribution in [2.75, 3.05) is 0 Å². The molecule has 0 bridgehead atoms. The van der Waals surface area contributed by atoms with E-state index >= 15 is 0 Å². The molecule has 0 aliphatic carbocycles. The number of benzene rings is 1. The summed E-state index contributed by atoms with van der Waals surface area (Å²) in [6.07, 6.45) is 0.194. The molecule has 1 aromatic carbocycles. The summed E-state index contributed by atoms with van der Waals surface area (Å²) in [6.45, 7) is 1.66. The number of sulfonamides is 1. The van der Waals surface area contributed by atoms with E-state index in [1.165, 1.54) is 12.1 Å². The Bertz CT molecular complexity index is 519. The summed E-state index contributed by atoms with van der Waals surface area (Å²) in [4.78, 5) is -0.0731. The first kappa shape index (κ1) is 14.4. The van der Waals surface area contributed by atoms with Crippen molar-refractivity contribution < 1.29 is 43.1 Å². The molecule has 0 aromatic heterocycles. The monoisotopic (exact) mass is 269 g/mol. The summed E-state index contributed by atoms with van der Waals surface area (Å²) in [5.41, 5.74) is -1.39. The Kier molecular flexibility index (Phi) is 4.12. The SMILES string of the molecule is CCC1(O)[N-]S(=O)(=O)c2c(Cl)cccc21.[Na+]. The Labute approximate surface area is 121 Å². The summed E-state index contributed by atoms with van der Waals surface area (Å²) < 4.78 is 26.7. The minimum Gasteiger partial charge on any atom is -0.512 e. The smallest absolute Gasteiger partial charge is 0.512 e. The van der Waals surface area contributed by atoms with E-state index in [2.05, 4.69) is 4.72 Å². The van der Waals surface area contributed by atoms with Crippen molar-refractivity contribution in [2.24, 2.45) is 0 Å². The molecule has 1 aliphatic rings. The summed E-state index contributed by atoms with van der Waals surface area (Å²) >= 11 is 5.79. The first-order valence-electron chi connectivity index (χ1n) is 4.41. The fourth-order valence-electron chi connectivity index (χ4n) is 1.63. The predicted octanol–water partition coefficient (Wildman–Crippen LogP) is -1.02. The number of aliphatic hydroxyl groups is 1. The van der Waals surface area contributed by atoms with Gasteiger partial charge in [0.1, 0.15) is 10.0 Å². The Hall–Kier alpha value is 0.380. The largest absolute Gasteiger partial charge is 1.00 e. The van der Waals surface area contributed by atoms with Crippen LogP contribution in [-0.4, -0.2) is 13.5 Å². The summed E-state index contributed by atoms with van der Waals surface area (Å²) in [7, 11) is -3.81. The average Bonchev–Trinajstić information content (AvgIpc) is 2.36. The quantitative estimate of drug-likeness (QED) is 0.663. The standard InChI is InChI=1S/C9H9ClNO3S.Na/c1-2-9(12)6-4-3-5-7(10)8(6)15(13,14)11-9;/h3-5,12H,2H2,1H3;/q-1;+1. The van der Waals surface area contributed by atoms with Crippen LogP contribution in [0, 0.1) is 0 Å². The summed E-state index contributed by atoms with van der Waals surface area (Å²) in [5, 5.41) is 10.1. The zero-order valence-electron chi connectivity index (χ0n) is 8.94. The van der Waals surface area contributed by atoms with Crippen molar-refractivity contribution in [1.29, 1.82) is 0 Å². The molecule has 82 valence electrons. The molecule has 1 aromatic rings. The van der Waals surface area contributed by atoms with E-state index in [-0.39, 0.29) is 51.5 Å². The van der Waals surface area contributed by atoms with Crippen LogP contribution < -0.4 is 29.6 Å². The Morgan fingerprint density at radius 3 is 2.69 bits per heavy atom. The van der Waals surface area contributed by atoms with Crippen LogP contribution in [-0.2, 0) is 15.7 Å². The molecule has 0 saturated carbocycles.